The Morgan fingerprint density at radius 3 is 2.27 bits per heavy atom. The van der Waals surface area contributed by atoms with Crippen LogP contribution in [0.5, 0.6) is 23.0 Å². The van der Waals surface area contributed by atoms with Gasteiger partial charge in [-0.05, 0) is 19.9 Å². The van der Waals surface area contributed by atoms with Gasteiger partial charge in [-0.3, -0.25) is 23.7 Å². The van der Waals surface area contributed by atoms with Crippen molar-refractivity contribution >= 4 is 51.5 Å². The molecule has 2 aromatic carbocycles. The van der Waals surface area contributed by atoms with Crippen LogP contribution in [0.1, 0.15) is 76.2 Å². The zero-order valence-corrected chi connectivity index (χ0v) is 40.2. The Morgan fingerprint density at radius 1 is 0.915 bits per heavy atom. The van der Waals surface area contributed by atoms with Gasteiger partial charge in [0.1, 0.15) is 48.0 Å². The van der Waals surface area contributed by atoms with E-state index >= 15 is 0 Å². The van der Waals surface area contributed by atoms with Gasteiger partial charge in [-0.1, -0.05) is 45.9 Å². The molecule has 0 saturated carbocycles. The average molecular weight is 991 g/mol. The molecule has 8 rings (SSSR count). The molecule has 1 amide bonds. The van der Waals surface area contributed by atoms with E-state index in [1.165, 1.54) is 57.6 Å². The van der Waals surface area contributed by atoms with Gasteiger partial charge < -0.3 is 69.9 Å². The molecule has 13 atom stereocenters. The maximum atomic E-state index is 14.6. The second-order valence-corrected chi connectivity index (χ2v) is 18.3. The molecule has 1 saturated heterocycles. The number of phenolic OH excluding ortho intramolecular Hbond substituents is 3. The van der Waals surface area contributed by atoms with Crippen LogP contribution in [0.4, 0.5) is 5.69 Å². The number of nitrogens with zero attached hydrogens (tertiary/aromatic N) is 5. The summed E-state index contributed by atoms with van der Waals surface area (Å²) >= 11 is 0. The quantitative estimate of drug-likeness (QED) is 0.0578. The van der Waals surface area contributed by atoms with Crippen LogP contribution in [-0.4, -0.2) is 146 Å². The molecule has 4 aromatic rings. The molecule has 0 spiro atoms. The zero-order chi connectivity index (χ0) is 52.1. The number of aliphatic hydroxyl groups is 5. The third-order valence-corrected chi connectivity index (χ3v) is 13.6. The zero-order valence-electron chi connectivity index (χ0n) is 40.2. The van der Waals surface area contributed by atoms with Crippen LogP contribution in [0, 0.1) is 30.6 Å². The number of anilines is 1. The Morgan fingerprint density at radius 2 is 1.62 bits per heavy atom. The summed E-state index contributed by atoms with van der Waals surface area (Å²) in [7, 11) is 1.39. The molecule has 0 aliphatic carbocycles. The van der Waals surface area contributed by atoms with Gasteiger partial charge in [-0.25, -0.2) is 9.97 Å². The highest BCUT2D eigenvalue weighted by molar-refractivity contribution is 6.24. The summed E-state index contributed by atoms with van der Waals surface area (Å²) in [5, 5.41) is 95.3. The molecule has 6 heterocycles. The first-order valence-electron chi connectivity index (χ1n) is 22.7. The molecule has 23 nitrogen and oxygen atoms in total. The monoisotopic (exact) mass is 990 g/mol. The number of Topliss-reactive ketones (excluding diaryl/α,β-unsaturated/α-hetero) is 1. The van der Waals surface area contributed by atoms with Crippen LogP contribution in [0.25, 0.3) is 21.9 Å². The second-order valence-electron chi connectivity index (χ2n) is 18.3. The fourth-order valence-corrected chi connectivity index (χ4v) is 9.27. The number of phenols is 3. The Kier molecular flexibility index (Phi) is 14.8. The molecule has 0 radical (unpaired) electrons. The molecule has 5 bridgehead atoms. The molecule has 0 unspecified atom stereocenters. The van der Waals surface area contributed by atoms with Crippen molar-refractivity contribution in [2.24, 2.45) is 28.8 Å². The molecule has 382 valence electrons. The number of benzene rings is 2. The predicted octanol–water partition coefficient (Wildman–Crippen LogP) is 2.15. The molecule has 4 aliphatic heterocycles. The number of ether oxygens (including phenoxy) is 5. The number of hydrogen-bond acceptors (Lipinski definition) is 20. The van der Waals surface area contributed by atoms with Crippen LogP contribution in [0.2, 0.25) is 0 Å². The fraction of sp³-hybridized carbons (Fsp3) is 0.479. The van der Waals surface area contributed by atoms with Gasteiger partial charge >= 0.3 is 17.3 Å². The summed E-state index contributed by atoms with van der Waals surface area (Å²) in [6.45, 7) is 11.4. The lowest BCUT2D eigenvalue weighted by atomic mass is 9.78. The van der Waals surface area contributed by atoms with Gasteiger partial charge in [0.15, 0.2) is 23.1 Å². The number of carbonyl (C=O) groups is 3. The number of fused-ring (bicyclic) bond motifs is 15. The summed E-state index contributed by atoms with van der Waals surface area (Å²) in [4.78, 5) is 63.1. The lowest BCUT2D eigenvalue weighted by molar-refractivity contribution is -0.160. The number of amides is 1. The van der Waals surface area contributed by atoms with E-state index in [2.05, 4.69) is 20.4 Å². The Hall–Kier alpha value is -6.73. The smallest absolute Gasteiger partial charge is 0.312 e. The van der Waals surface area contributed by atoms with Crippen LogP contribution in [0.3, 0.4) is 0 Å². The summed E-state index contributed by atoms with van der Waals surface area (Å²) in [6, 6.07) is 0. The molecular formula is C48H58N6O17. The van der Waals surface area contributed by atoms with E-state index in [9.17, 15) is 60.0 Å². The first-order valence-corrected chi connectivity index (χ1v) is 22.7. The number of aromatic hydroxyl groups is 3. The van der Waals surface area contributed by atoms with Crippen molar-refractivity contribution in [1.29, 1.82) is 0 Å². The Labute approximate surface area is 405 Å². The highest BCUT2D eigenvalue weighted by Gasteiger charge is 2.50. The largest absolute Gasteiger partial charge is 0.507 e. The summed E-state index contributed by atoms with van der Waals surface area (Å²) < 4.78 is 31.0. The molecule has 23 heteroatoms. The first-order chi connectivity index (χ1) is 33.5. The van der Waals surface area contributed by atoms with Crippen LogP contribution in [0.15, 0.2) is 58.7 Å². The number of hydrogen-bond donors (Lipinski definition) is 9. The highest BCUT2D eigenvalue weighted by Crippen LogP contribution is 2.55. The van der Waals surface area contributed by atoms with E-state index < -0.39 is 148 Å². The minimum Gasteiger partial charge on any atom is -0.507 e. The van der Waals surface area contributed by atoms with E-state index in [1.807, 2.05) is 0 Å². The lowest BCUT2D eigenvalue weighted by Crippen LogP contribution is -2.46. The van der Waals surface area contributed by atoms with Gasteiger partial charge in [0.2, 0.25) is 0 Å². The maximum Gasteiger partial charge on any atom is 0.312 e. The van der Waals surface area contributed by atoms with Crippen LogP contribution >= 0.6 is 0 Å². The number of carbonyl (C=O) groups excluding carboxylic acids is 3. The summed E-state index contributed by atoms with van der Waals surface area (Å²) in [5.74, 6) is -9.90. The number of nitrogens with one attached hydrogen (secondary N) is 1. The molecule has 4 aliphatic rings. The number of allylic oxidation sites excluding steroid dienone is 2. The summed E-state index contributed by atoms with van der Waals surface area (Å²) in [5.41, 5.74) is -2.67. The normalized spacial score (nSPS) is 30.8. The van der Waals surface area contributed by atoms with Gasteiger partial charge in [0, 0.05) is 61.2 Å². The first kappa shape index (κ1) is 52.1. The van der Waals surface area contributed by atoms with Crippen molar-refractivity contribution in [3.8, 4) is 23.0 Å². The number of esters is 1. The number of aliphatic hydroxyl groups excluding tert-OH is 5. The molecule has 1 fully saturated rings. The number of aromatic nitrogens is 4. The Balaban J connectivity index is 1.38. The van der Waals surface area contributed by atoms with Crippen LogP contribution < -0.4 is 15.6 Å². The van der Waals surface area contributed by atoms with Crippen molar-refractivity contribution in [2.45, 2.75) is 110 Å². The van der Waals surface area contributed by atoms with Crippen LogP contribution in [-0.2, 0) is 28.5 Å². The lowest BCUT2D eigenvalue weighted by Gasteiger charge is -2.38. The van der Waals surface area contributed by atoms with E-state index in [1.54, 1.807) is 33.8 Å². The van der Waals surface area contributed by atoms with E-state index in [-0.39, 0.29) is 33.6 Å². The molecular weight excluding hydrogens is 933 g/mol. The molecule has 71 heavy (non-hydrogen) atoms. The third-order valence-electron chi connectivity index (χ3n) is 13.6. The average Bonchev–Trinajstić information content (AvgIpc) is 3.98. The van der Waals surface area contributed by atoms with E-state index in [0.717, 1.165) is 25.1 Å². The van der Waals surface area contributed by atoms with E-state index in [0.29, 0.717) is 4.68 Å². The Bertz CT molecular complexity index is 2940. The number of rotatable bonds is 6. The number of ketones is 1. The standard InChI is InChI=1S/C48H58N6O17/c1-19-11-10-12-20(2)45(65)52-32-26(15-51-54-18-50-44-33(46(54)66)49-17-53(44)47-40(63)38(61)28(16-55)70-47)37(60)29-30(39(32)62)36(59)24(6)42-31(29)43(64)48(8,71-42)68-14-13-27(67-9)21(3)41(69-25(7)56)23(5)35(58)22(4)34(19)57/h10-15,17-19,21-23,27-28,34-35,38,40-41,47,55,57-63H,16H2,1-9H3,(H,52,65)/t19-,21+,22-,23-,27+,28+,34-,35-,38-,40-,41-,47+,48-/m0/s1. The van der Waals surface area contributed by atoms with Crippen molar-refractivity contribution < 1.29 is 78.9 Å². The summed E-state index contributed by atoms with van der Waals surface area (Å²) in [6.07, 6.45) is 0.425. The topological polar surface area (TPSA) is 336 Å². The fourth-order valence-electron chi connectivity index (χ4n) is 9.27. The SMILES string of the molecule is CO[C@@H]1C=CO[C@@]2(C)Oc3c(C)c(O)c4c(O)c(c(C=Nn5cnc6c(ncn6[C@@H]6O[C@H](CO)[C@H](O)[C@@H]6O)c5=O)c(O)c4c3C2=O)NC(=O)C(C)=CC=C[C@H](C)[C@H](O)[C@H](C)[C@H](O)[C@H](C)[C@@H](OC(C)=O)[C@@H]1C. The van der Waals surface area contributed by atoms with Gasteiger partial charge in [-0.2, -0.15) is 9.78 Å². The van der Waals surface area contributed by atoms with Gasteiger partial charge in [0.25, 0.3) is 11.7 Å². The van der Waals surface area contributed by atoms with Gasteiger partial charge in [0.05, 0.1) is 65.9 Å². The molecule has 9 N–H and O–H groups in total. The maximum absolute atomic E-state index is 14.6. The second kappa shape index (κ2) is 20.2. The number of imidazole rings is 1. The van der Waals surface area contributed by atoms with Crippen molar-refractivity contribution in [2.75, 3.05) is 19.0 Å². The third kappa shape index (κ3) is 9.25. The van der Waals surface area contributed by atoms with E-state index in [4.69, 9.17) is 23.7 Å². The minimum absolute atomic E-state index is 0.0291. The highest BCUT2D eigenvalue weighted by atomic mass is 16.7. The van der Waals surface area contributed by atoms with Gasteiger partial charge in [-0.15, -0.1) is 0 Å². The number of methoxy groups -OCH3 is 1. The van der Waals surface area contributed by atoms with Crippen molar-refractivity contribution in [3.63, 3.8) is 0 Å². The minimum atomic E-state index is -2.19. The van der Waals surface area contributed by atoms with Crippen molar-refractivity contribution in [3.05, 3.63) is 75.8 Å². The van der Waals surface area contributed by atoms with Crippen molar-refractivity contribution in [1.82, 2.24) is 19.2 Å². The molecule has 2 aromatic heterocycles. The predicted molar refractivity (Wildman–Crippen MR) is 252 cm³/mol.